The zero-order valence-electron chi connectivity index (χ0n) is 19.3. The van der Waals surface area contributed by atoms with Crippen LogP contribution in [-0.4, -0.2) is 27.2 Å². The smallest absolute Gasteiger partial charge is 0.307 e. The third-order valence-electron chi connectivity index (χ3n) is 6.62. The van der Waals surface area contributed by atoms with Gasteiger partial charge in [0.15, 0.2) is 11.6 Å². The number of nitrogens with zero attached hydrogens (tertiary/aromatic N) is 2. The van der Waals surface area contributed by atoms with Gasteiger partial charge in [0.25, 0.3) is 0 Å². The van der Waals surface area contributed by atoms with Gasteiger partial charge in [0, 0.05) is 22.8 Å². The Morgan fingerprint density at radius 2 is 2.06 bits per heavy atom. The Morgan fingerprint density at radius 1 is 1.26 bits per heavy atom. The van der Waals surface area contributed by atoms with Gasteiger partial charge in [-0.1, -0.05) is 23.7 Å². The second-order valence-electron chi connectivity index (χ2n) is 8.81. The zero-order valence-corrected chi connectivity index (χ0v) is 20.0. The topological polar surface area (TPSA) is 64.4 Å². The van der Waals surface area contributed by atoms with Gasteiger partial charge < -0.3 is 14.4 Å². The molecule has 35 heavy (non-hydrogen) atoms. The van der Waals surface area contributed by atoms with Crippen LogP contribution in [0.5, 0.6) is 5.75 Å². The average Bonchev–Trinajstić information content (AvgIpc) is 3.21. The summed E-state index contributed by atoms with van der Waals surface area (Å²) in [5.74, 6) is -2.10. The van der Waals surface area contributed by atoms with E-state index in [1.165, 1.54) is 12.1 Å². The highest BCUT2D eigenvalue weighted by molar-refractivity contribution is 6.32. The number of pyridine rings is 1. The molecule has 0 saturated carbocycles. The van der Waals surface area contributed by atoms with Crippen LogP contribution in [-0.2, 0) is 24.2 Å². The second-order valence-corrected chi connectivity index (χ2v) is 9.21. The van der Waals surface area contributed by atoms with Crippen LogP contribution in [0.15, 0.2) is 36.5 Å². The van der Waals surface area contributed by atoms with E-state index in [2.05, 4.69) is 4.98 Å². The molecule has 1 aliphatic heterocycles. The summed E-state index contributed by atoms with van der Waals surface area (Å²) < 4.78 is 35.7. The fourth-order valence-corrected chi connectivity index (χ4v) is 5.21. The second kappa shape index (κ2) is 8.96. The number of aromatic nitrogens is 2. The van der Waals surface area contributed by atoms with Crippen molar-refractivity contribution in [3.05, 3.63) is 81.1 Å². The van der Waals surface area contributed by atoms with Crippen LogP contribution >= 0.6 is 11.6 Å². The molecule has 0 atom stereocenters. The van der Waals surface area contributed by atoms with Gasteiger partial charge in [0.2, 0.25) is 0 Å². The third-order valence-corrected chi connectivity index (χ3v) is 6.90. The molecule has 0 amide bonds. The van der Waals surface area contributed by atoms with E-state index in [1.807, 2.05) is 19.1 Å². The van der Waals surface area contributed by atoms with Crippen molar-refractivity contribution >= 4 is 28.6 Å². The molecule has 0 spiro atoms. The Labute approximate surface area is 205 Å². The van der Waals surface area contributed by atoms with Gasteiger partial charge in [0.1, 0.15) is 11.4 Å². The van der Waals surface area contributed by atoms with Gasteiger partial charge in [-0.25, -0.2) is 13.8 Å². The number of carboxylic acids is 1. The molecule has 180 valence electrons. The van der Waals surface area contributed by atoms with Crippen molar-refractivity contribution in [1.29, 1.82) is 0 Å². The zero-order chi connectivity index (χ0) is 24.9. The largest absolute Gasteiger partial charge is 0.492 e. The minimum absolute atomic E-state index is 0.0784. The number of carbonyl (C=O) groups is 1. The first-order valence-electron chi connectivity index (χ1n) is 11.3. The van der Waals surface area contributed by atoms with Crippen LogP contribution in [0.1, 0.15) is 34.4 Å². The van der Waals surface area contributed by atoms with E-state index in [0.717, 1.165) is 46.5 Å². The lowest BCUT2D eigenvalue weighted by atomic mass is 9.88. The maximum atomic E-state index is 14.4. The molecule has 8 heteroatoms. The quantitative estimate of drug-likeness (QED) is 0.354. The molecule has 0 radical (unpaired) electrons. The molecule has 0 unspecified atom stereocenters. The first-order chi connectivity index (χ1) is 16.8. The van der Waals surface area contributed by atoms with Crippen molar-refractivity contribution in [3.8, 4) is 16.9 Å². The predicted molar refractivity (Wildman–Crippen MR) is 130 cm³/mol. The SMILES string of the molecule is Cc1nc2c(ccn2Cc2cccc(F)c2F)c(-c2cc(Cl)c3c(c2C)CCCO3)c1CC(=O)O. The molecule has 5 nitrogen and oxygen atoms in total. The Balaban J connectivity index is 1.76. The Morgan fingerprint density at radius 3 is 2.83 bits per heavy atom. The summed E-state index contributed by atoms with van der Waals surface area (Å²) in [7, 11) is 0. The summed E-state index contributed by atoms with van der Waals surface area (Å²) in [4.78, 5) is 16.5. The number of hydrogen-bond acceptors (Lipinski definition) is 3. The molecule has 4 aromatic rings. The Kier molecular flexibility index (Phi) is 5.97. The Bertz CT molecular complexity index is 1500. The van der Waals surface area contributed by atoms with E-state index in [0.29, 0.717) is 34.3 Å². The monoisotopic (exact) mass is 496 g/mol. The number of aryl methyl sites for hydroxylation is 1. The minimum Gasteiger partial charge on any atom is -0.492 e. The molecule has 0 saturated heterocycles. The van der Waals surface area contributed by atoms with Gasteiger partial charge in [-0.15, -0.1) is 0 Å². The molecule has 3 heterocycles. The first kappa shape index (κ1) is 23.3. The Hall–Kier alpha value is -3.45. The summed E-state index contributed by atoms with van der Waals surface area (Å²) in [6.45, 7) is 4.44. The highest BCUT2D eigenvalue weighted by Gasteiger charge is 2.25. The van der Waals surface area contributed by atoms with Crippen LogP contribution in [0, 0.1) is 25.5 Å². The van der Waals surface area contributed by atoms with Gasteiger partial charge in [-0.05, 0) is 72.7 Å². The number of hydrogen-bond donors (Lipinski definition) is 1. The van der Waals surface area contributed by atoms with Crippen molar-refractivity contribution in [3.63, 3.8) is 0 Å². The average molecular weight is 497 g/mol. The van der Waals surface area contributed by atoms with Crippen LogP contribution in [0.25, 0.3) is 22.2 Å². The molecule has 5 rings (SSSR count). The van der Waals surface area contributed by atoms with Crippen molar-refractivity contribution in [2.24, 2.45) is 0 Å². The van der Waals surface area contributed by atoms with Crippen LogP contribution in [0.2, 0.25) is 5.02 Å². The van der Waals surface area contributed by atoms with Crippen LogP contribution in [0.3, 0.4) is 0 Å². The number of carboxylic acid groups (broad SMARTS) is 1. The van der Waals surface area contributed by atoms with E-state index in [-0.39, 0.29) is 18.5 Å². The van der Waals surface area contributed by atoms with Crippen molar-refractivity contribution < 1.29 is 23.4 Å². The fraction of sp³-hybridized carbons (Fsp3) is 0.259. The molecule has 1 N–H and O–H groups in total. The fourth-order valence-electron chi connectivity index (χ4n) is 4.93. The molecule has 0 fully saturated rings. The lowest BCUT2D eigenvalue weighted by molar-refractivity contribution is -0.136. The van der Waals surface area contributed by atoms with Crippen LogP contribution < -0.4 is 4.74 Å². The standard InChI is InChI=1S/C27H23ClF2N2O3/c1-14-17-6-4-10-35-26(17)21(28)11-19(14)24-18-8-9-32(13-16-5-3-7-22(29)25(16)30)27(18)31-15(2)20(24)12-23(33)34/h3,5,7-9,11H,4,6,10,12-13H2,1-2H3,(H,33,34). The summed E-state index contributed by atoms with van der Waals surface area (Å²) >= 11 is 6.62. The van der Waals surface area contributed by atoms with E-state index >= 15 is 0 Å². The summed E-state index contributed by atoms with van der Waals surface area (Å²) in [6.07, 6.45) is 3.23. The number of aliphatic carboxylic acids is 1. The molecular weight excluding hydrogens is 474 g/mol. The number of halogens is 3. The highest BCUT2D eigenvalue weighted by atomic mass is 35.5. The lowest BCUT2D eigenvalue weighted by Crippen LogP contribution is -2.12. The van der Waals surface area contributed by atoms with Gasteiger partial charge in [0.05, 0.1) is 24.6 Å². The summed E-state index contributed by atoms with van der Waals surface area (Å²) in [5.41, 5.74) is 5.45. The summed E-state index contributed by atoms with van der Waals surface area (Å²) in [6, 6.07) is 7.74. The third kappa shape index (κ3) is 4.04. The van der Waals surface area contributed by atoms with Crippen molar-refractivity contribution in [1.82, 2.24) is 9.55 Å². The van der Waals surface area contributed by atoms with Crippen LogP contribution in [0.4, 0.5) is 8.78 Å². The van der Waals surface area contributed by atoms with Crippen molar-refractivity contribution in [2.45, 2.75) is 39.7 Å². The van der Waals surface area contributed by atoms with Gasteiger partial charge in [-0.3, -0.25) is 4.79 Å². The van der Waals surface area contributed by atoms with E-state index in [1.54, 1.807) is 17.7 Å². The maximum Gasteiger partial charge on any atom is 0.307 e. The number of benzene rings is 2. The highest BCUT2D eigenvalue weighted by Crippen LogP contribution is 2.44. The maximum absolute atomic E-state index is 14.4. The predicted octanol–water partition coefficient (Wildman–Crippen LogP) is 6.25. The molecule has 2 aromatic carbocycles. The summed E-state index contributed by atoms with van der Waals surface area (Å²) in [5, 5.41) is 10.9. The van der Waals surface area contributed by atoms with E-state index in [4.69, 9.17) is 16.3 Å². The van der Waals surface area contributed by atoms with Gasteiger partial charge >= 0.3 is 5.97 Å². The number of fused-ring (bicyclic) bond motifs is 2. The molecule has 2 aromatic heterocycles. The molecule has 1 aliphatic rings. The molecule has 0 bridgehead atoms. The van der Waals surface area contributed by atoms with E-state index < -0.39 is 17.6 Å². The number of ether oxygens (including phenoxy) is 1. The van der Waals surface area contributed by atoms with E-state index in [9.17, 15) is 18.7 Å². The van der Waals surface area contributed by atoms with Gasteiger partial charge in [-0.2, -0.15) is 0 Å². The number of rotatable bonds is 5. The normalized spacial score (nSPS) is 13.1. The lowest BCUT2D eigenvalue weighted by Gasteiger charge is -2.24. The molecule has 0 aliphatic carbocycles. The van der Waals surface area contributed by atoms with Crippen molar-refractivity contribution in [2.75, 3.05) is 6.61 Å². The molecular formula is C27H23ClF2N2O3. The minimum atomic E-state index is -0.971. The first-order valence-corrected chi connectivity index (χ1v) is 11.7.